The first kappa shape index (κ1) is 10.6. The number of likely N-dealkylation sites (tertiary alicyclic amines) is 2. The average molecular weight is 218 g/mol. The minimum Gasteiger partial charge on any atom is -0.325 e. The molecule has 0 spiro atoms. The third-order valence-electron chi connectivity index (χ3n) is 3.07. The molecule has 5 heteroatoms. The zero-order chi connectivity index (χ0) is 10.9. The number of amides is 2. The molecular weight excluding hydrogens is 202 g/mol. The van der Waals surface area contributed by atoms with Gasteiger partial charge in [-0.15, -0.1) is 0 Å². The molecule has 2 rings (SSSR count). The molecule has 0 unspecified atom stereocenters. The number of halogens is 2. The maximum atomic E-state index is 12.9. The standard InChI is InChI=1S/C10H16F2N2O/c11-10(12)4-7-14(8-10)9(15)13-5-2-1-3-6-13/h1-8H2. The molecule has 0 atom stereocenters. The first-order valence-corrected chi connectivity index (χ1v) is 5.50. The fraction of sp³-hybridized carbons (Fsp3) is 0.900. The zero-order valence-electron chi connectivity index (χ0n) is 8.72. The van der Waals surface area contributed by atoms with Gasteiger partial charge in [0.15, 0.2) is 0 Å². The van der Waals surface area contributed by atoms with Gasteiger partial charge in [-0.05, 0) is 19.3 Å². The molecule has 2 saturated heterocycles. The average Bonchev–Trinajstić information content (AvgIpc) is 2.59. The second-order valence-corrected chi connectivity index (χ2v) is 4.36. The molecule has 0 radical (unpaired) electrons. The van der Waals surface area contributed by atoms with E-state index in [1.165, 1.54) is 4.90 Å². The molecule has 86 valence electrons. The van der Waals surface area contributed by atoms with Crippen LogP contribution in [0.2, 0.25) is 0 Å². The van der Waals surface area contributed by atoms with Gasteiger partial charge >= 0.3 is 6.03 Å². The zero-order valence-corrected chi connectivity index (χ0v) is 8.72. The van der Waals surface area contributed by atoms with Gasteiger partial charge in [0.2, 0.25) is 0 Å². The van der Waals surface area contributed by atoms with Crippen molar-refractivity contribution >= 4 is 6.03 Å². The number of hydrogen-bond acceptors (Lipinski definition) is 1. The lowest BCUT2D eigenvalue weighted by Gasteiger charge is -2.30. The van der Waals surface area contributed by atoms with Gasteiger partial charge in [-0.2, -0.15) is 0 Å². The molecule has 0 aromatic carbocycles. The summed E-state index contributed by atoms with van der Waals surface area (Å²) in [6.45, 7) is 1.24. The summed E-state index contributed by atoms with van der Waals surface area (Å²) in [6, 6.07) is -0.202. The highest BCUT2D eigenvalue weighted by Gasteiger charge is 2.41. The van der Waals surface area contributed by atoms with E-state index in [2.05, 4.69) is 0 Å². The van der Waals surface area contributed by atoms with Crippen LogP contribution >= 0.6 is 0 Å². The summed E-state index contributed by atoms with van der Waals surface area (Å²) in [5.74, 6) is -2.68. The van der Waals surface area contributed by atoms with Gasteiger partial charge < -0.3 is 9.80 Å². The van der Waals surface area contributed by atoms with Crippen molar-refractivity contribution in [3.8, 4) is 0 Å². The molecule has 15 heavy (non-hydrogen) atoms. The van der Waals surface area contributed by atoms with Crippen molar-refractivity contribution in [2.75, 3.05) is 26.2 Å². The Hall–Kier alpha value is -0.870. The summed E-state index contributed by atoms with van der Waals surface area (Å²) in [7, 11) is 0. The van der Waals surface area contributed by atoms with Crippen LogP contribution < -0.4 is 0 Å². The van der Waals surface area contributed by atoms with Crippen LogP contribution in [0.15, 0.2) is 0 Å². The van der Waals surface area contributed by atoms with Gasteiger partial charge in [0.1, 0.15) is 0 Å². The fourth-order valence-corrected chi connectivity index (χ4v) is 2.18. The maximum absolute atomic E-state index is 12.9. The number of carbonyl (C=O) groups is 1. The summed E-state index contributed by atoms with van der Waals surface area (Å²) >= 11 is 0. The highest BCUT2D eigenvalue weighted by Crippen LogP contribution is 2.27. The smallest absolute Gasteiger partial charge is 0.320 e. The lowest BCUT2D eigenvalue weighted by Crippen LogP contribution is -2.45. The Morgan fingerprint density at radius 3 is 2.20 bits per heavy atom. The molecule has 0 aromatic heterocycles. The minimum atomic E-state index is -2.68. The van der Waals surface area contributed by atoms with Crippen molar-refractivity contribution in [3.63, 3.8) is 0 Å². The van der Waals surface area contributed by atoms with Gasteiger partial charge in [0, 0.05) is 26.1 Å². The third-order valence-corrected chi connectivity index (χ3v) is 3.07. The Morgan fingerprint density at radius 2 is 1.67 bits per heavy atom. The normalized spacial score (nSPS) is 25.7. The lowest BCUT2D eigenvalue weighted by atomic mass is 10.1. The molecule has 2 heterocycles. The van der Waals surface area contributed by atoms with Crippen molar-refractivity contribution in [2.24, 2.45) is 0 Å². The molecule has 0 bridgehead atoms. The molecule has 2 aliphatic rings. The summed E-state index contributed by atoms with van der Waals surface area (Å²) < 4.78 is 25.8. The van der Waals surface area contributed by atoms with Crippen LogP contribution in [-0.2, 0) is 0 Å². The van der Waals surface area contributed by atoms with E-state index < -0.39 is 12.5 Å². The van der Waals surface area contributed by atoms with E-state index in [9.17, 15) is 13.6 Å². The number of alkyl halides is 2. The summed E-state index contributed by atoms with van der Waals surface area (Å²) in [5.41, 5.74) is 0. The largest absolute Gasteiger partial charge is 0.325 e. The molecule has 3 nitrogen and oxygen atoms in total. The molecule has 2 amide bonds. The number of nitrogens with zero attached hydrogens (tertiary/aromatic N) is 2. The summed E-state index contributed by atoms with van der Waals surface area (Å²) in [6.07, 6.45) is 2.94. The second-order valence-electron chi connectivity index (χ2n) is 4.36. The van der Waals surface area contributed by atoms with E-state index in [1.807, 2.05) is 0 Å². The van der Waals surface area contributed by atoms with Crippen molar-refractivity contribution < 1.29 is 13.6 Å². The Balaban J connectivity index is 1.90. The van der Waals surface area contributed by atoms with E-state index in [1.54, 1.807) is 4.90 Å². The Labute approximate surface area is 88.0 Å². The van der Waals surface area contributed by atoms with E-state index >= 15 is 0 Å². The Morgan fingerprint density at radius 1 is 1.00 bits per heavy atom. The molecular formula is C10H16F2N2O. The predicted molar refractivity (Wildman–Crippen MR) is 52.0 cm³/mol. The van der Waals surface area contributed by atoms with Crippen LogP contribution in [0.5, 0.6) is 0 Å². The fourth-order valence-electron chi connectivity index (χ4n) is 2.18. The van der Waals surface area contributed by atoms with Crippen LogP contribution in [0.4, 0.5) is 13.6 Å². The van der Waals surface area contributed by atoms with Crippen LogP contribution in [-0.4, -0.2) is 47.9 Å². The second kappa shape index (κ2) is 3.94. The van der Waals surface area contributed by atoms with Crippen molar-refractivity contribution in [3.05, 3.63) is 0 Å². The number of hydrogen-bond donors (Lipinski definition) is 0. The van der Waals surface area contributed by atoms with Crippen molar-refractivity contribution in [1.29, 1.82) is 0 Å². The lowest BCUT2D eigenvalue weighted by molar-refractivity contribution is 0.0136. The number of urea groups is 1. The first-order valence-electron chi connectivity index (χ1n) is 5.50. The quantitative estimate of drug-likeness (QED) is 0.609. The maximum Gasteiger partial charge on any atom is 0.320 e. The van der Waals surface area contributed by atoms with Gasteiger partial charge in [-0.25, -0.2) is 13.6 Å². The first-order chi connectivity index (χ1) is 7.08. The van der Waals surface area contributed by atoms with Crippen LogP contribution in [0, 0.1) is 0 Å². The molecule has 0 aromatic rings. The summed E-state index contributed by atoms with van der Waals surface area (Å²) in [4.78, 5) is 14.8. The molecule has 0 saturated carbocycles. The highest BCUT2D eigenvalue weighted by atomic mass is 19.3. The van der Waals surface area contributed by atoms with Gasteiger partial charge in [-0.1, -0.05) is 0 Å². The molecule has 2 aliphatic heterocycles. The topological polar surface area (TPSA) is 23.6 Å². The van der Waals surface area contributed by atoms with E-state index in [4.69, 9.17) is 0 Å². The van der Waals surface area contributed by atoms with Crippen LogP contribution in [0.3, 0.4) is 0 Å². The third kappa shape index (κ3) is 2.38. The molecule has 0 aliphatic carbocycles. The molecule has 2 fully saturated rings. The SMILES string of the molecule is O=C(N1CCCCC1)N1CCC(F)(F)C1. The number of piperidine rings is 1. The summed E-state index contributed by atoms with van der Waals surface area (Å²) in [5, 5.41) is 0. The van der Waals surface area contributed by atoms with Crippen molar-refractivity contribution in [2.45, 2.75) is 31.6 Å². The number of carbonyl (C=O) groups excluding carboxylic acids is 1. The Bertz CT molecular complexity index is 252. The minimum absolute atomic E-state index is 0.188. The van der Waals surface area contributed by atoms with Gasteiger partial charge in [0.25, 0.3) is 5.92 Å². The van der Waals surface area contributed by atoms with E-state index in [0.717, 1.165) is 32.4 Å². The van der Waals surface area contributed by atoms with Crippen LogP contribution in [0.25, 0.3) is 0 Å². The predicted octanol–water partition coefficient (Wildman–Crippen LogP) is 1.93. The van der Waals surface area contributed by atoms with Crippen molar-refractivity contribution in [1.82, 2.24) is 9.80 Å². The number of rotatable bonds is 0. The van der Waals surface area contributed by atoms with Crippen LogP contribution in [0.1, 0.15) is 25.7 Å². The monoisotopic (exact) mass is 218 g/mol. The molecule has 0 N–H and O–H groups in total. The van der Waals surface area contributed by atoms with Gasteiger partial charge in [0.05, 0.1) is 6.54 Å². The Kier molecular flexibility index (Phi) is 2.80. The highest BCUT2D eigenvalue weighted by molar-refractivity contribution is 5.75. The van der Waals surface area contributed by atoms with E-state index in [-0.39, 0.29) is 19.0 Å². The van der Waals surface area contributed by atoms with Gasteiger partial charge in [-0.3, -0.25) is 0 Å². The van der Waals surface area contributed by atoms with E-state index in [0.29, 0.717) is 0 Å².